The van der Waals surface area contributed by atoms with Crippen LogP contribution >= 0.6 is 0 Å². The van der Waals surface area contributed by atoms with Gasteiger partial charge in [0.15, 0.2) is 0 Å². The number of rotatable bonds is 18. The Bertz CT molecular complexity index is 661. The van der Waals surface area contributed by atoms with Crippen LogP contribution < -0.4 is 0 Å². The van der Waals surface area contributed by atoms with Gasteiger partial charge in [0.2, 0.25) is 11.8 Å². The molecule has 0 atom stereocenters. The summed E-state index contributed by atoms with van der Waals surface area (Å²) >= 11 is 0. The molecule has 5 nitrogen and oxygen atoms in total. The second-order valence-corrected chi connectivity index (χ2v) is 8.64. The Labute approximate surface area is 194 Å². The molecule has 32 heavy (non-hydrogen) atoms. The van der Waals surface area contributed by atoms with Crippen molar-refractivity contribution in [2.75, 3.05) is 6.54 Å². The number of hydrogen-bond donors (Lipinski definition) is 1. The normalized spacial score (nSPS) is 12.9. The Morgan fingerprint density at radius 3 is 1.53 bits per heavy atom. The topological polar surface area (TPSA) is 74.7 Å². The van der Waals surface area contributed by atoms with Crippen LogP contribution in [0.4, 0.5) is 0 Å². The molecule has 1 aliphatic heterocycles. The molecular weight excluding hydrogens is 402 g/mol. The first-order chi connectivity index (χ1) is 15.6. The molecule has 0 aromatic heterocycles. The Hall–Kier alpha value is -2.27. The zero-order chi connectivity index (χ0) is 23.3. The molecule has 1 aliphatic rings. The van der Waals surface area contributed by atoms with Crippen LogP contribution in [0.15, 0.2) is 0 Å². The quantitative estimate of drug-likeness (QED) is 0.164. The number of nitrogens with zero attached hydrogens (tertiary/aromatic N) is 1. The van der Waals surface area contributed by atoms with Gasteiger partial charge in [0.05, 0.1) is 0 Å². The van der Waals surface area contributed by atoms with Crippen LogP contribution in [0.5, 0.6) is 0 Å². The fourth-order valence-electron chi connectivity index (χ4n) is 3.83. The summed E-state index contributed by atoms with van der Waals surface area (Å²) in [6.07, 6.45) is 18.5. The maximum absolute atomic E-state index is 11.5. The third-order valence-corrected chi connectivity index (χ3v) is 5.77. The lowest BCUT2D eigenvalue weighted by atomic mass is 10.1. The van der Waals surface area contributed by atoms with Gasteiger partial charge >= 0.3 is 5.97 Å². The summed E-state index contributed by atoms with van der Waals surface area (Å²) in [4.78, 5) is 34.9. The second kappa shape index (κ2) is 19.4. The lowest BCUT2D eigenvalue weighted by molar-refractivity contribution is -0.139. The molecule has 0 spiro atoms. The number of likely N-dealkylation sites (tertiary alicyclic amines) is 1. The first-order valence-corrected chi connectivity index (χ1v) is 12.6. The zero-order valence-electron chi connectivity index (χ0n) is 19.8. The molecule has 0 unspecified atom stereocenters. The van der Waals surface area contributed by atoms with E-state index in [1.807, 2.05) is 0 Å². The molecule has 1 N–H and O–H groups in total. The average Bonchev–Trinajstić information content (AvgIpc) is 3.09. The largest absolute Gasteiger partial charge is 0.481 e. The predicted octanol–water partition coefficient (Wildman–Crippen LogP) is 5.86. The number of carboxylic acids is 1. The molecule has 0 radical (unpaired) electrons. The Morgan fingerprint density at radius 2 is 1.06 bits per heavy atom. The van der Waals surface area contributed by atoms with E-state index in [-0.39, 0.29) is 11.8 Å². The van der Waals surface area contributed by atoms with Crippen molar-refractivity contribution in [2.24, 2.45) is 0 Å². The van der Waals surface area contributed by atoms with Crippen LogP contribution in [-0.2, 0) is 14.4 Å². The molecule has 0 bridgehead atoms. The van der Waals surface area contributed by atoms with Gasteiger partial charge in [0.25, 0.3) is 0 Å². The van der Waals surface area contributed by atoms with E-state index in [1.54, 1.807) is 0 Å². The summed E-state index contributed by atoms with van der Waals surface area (Å²) in [7, 11) is 0. The summed E-state index contributed by atoms with van der Waals surface area (Å²) < 4.78 is 0. The van der Waals surface area contributed by atoms with Gasteiger partial charge in [-0.05, 0) is 37.5 Å². The van der Waals surface area contributed by atoms with Crippen LogP contribution in [0.1, 0.15) is 122 Å². The predicted molar refractivity (Wildman–Crippen MR) is 128 cm³/mol. The number of hydrogen-bond acceptors (Lipinski definition) is 3. The van der Waals surface area contributed by atoms with Gasteiger partial charge in [0.1, 0.15) is 0 Å². The number of amides is 2. The molecule has 2 amide bonds. The average molecular weight is 444 g/mol. The highest BCUT2D eigenvalue weighted by Crippen LogP contribution is 2.14. The standard InChI is InChI=1S/C27H41NO4/c29-25-22-23-26(30)28(25)24-20-18-16-14-12-10-8-6-4-2-1-3-5-7-9-11-13-15-17-19-21-27(31)32/h4,6-24H2,(H,31,32). The minimum Gasteiger partial charge on any atom is -0.481 e. The molecule has 1 rings (SSSR count). The third kappa shape index (κ3) is 15.5. The van der Waals surface area contributed by atoms with Gasteiger partial charge in [0, 0.05) is 38.6 Å². The Balaban J connectivity index is 1.80. The van der Waals surface area contributed by atoms with Gasteiger partial charge in [-0.3, -0.25) is 19.3 Å². The SMILES string of the molecule is O=C(O)CCCCCCCCC#CC#CCCCCCCCCCCN1C(=O)CCC1=O. The minimum absolute atomic E-state index is 0.00220. The summed E-state index contributed by atoms with van der Waals surface area (Å²) in [5, 5.41) is 8.57. The van der Waals surface area contributed by atoms with Gasteiger partial charge < -0.3 is 5.11 Å². The fourth-order valence-corrected chi connectivity index (χ4v) is 3.83. The van der Waals surface area contributed by atoms with Crippen LogP contribution in [-0.4, -0.2) is 34.3 Å². The first kappa shape index (κ1) is 27.8. The van der Waals surface area contributed by atoms with E-state index in [2.05, 4.69) is 23.7 Å². The Kier molecular flexibility index (Phi) is 16.8. The number of unbranched alkanes of at least 4 members (excludes halogenated alkanes) is 14. The molecule has 0 saturated carbocycles. The maximum atomic E-state index is 11.5. The van der Waals surface area contributed by atoms with Crippen molar-refractivity contribution < 1.29 is 19.5 Å². The number of carbonyl (C=O) groups excluding carboxylic acids is 2. The van der Waals surface area contributed by atoms with Gasteiger partial charge in [-0.2, -0.15) is 0 Å². The fraction of sp³-hybridized carbons (Fsp3) is 0.741. The van der Waals surface area contributed by atoms with Crippen molar-refractivity contribution in [3.05, 3.63) is 0 Å². The summed E-state index contributed by atoms with van der Waals surface area (Å²) in [5.74, 6) is 11.5. The van der Waals surface area contributed by atoms with E-state index in [4.69, 9.17) is 5.11 Å². The summed E-state index contributed by atoms with van der Waals surface area (Å²) in [5.41, 5.74) is 0. The number of imide groups is 1. The van der Waals surface area contributed by atoms with Gasteiger partial charge in [-0.25, -0.2) is 0 Å². The molecule has 5 heteroatoms. The molecule has 0 aromatic carbocycles. The zero-order valence-corrected chi connectivity index (χ0v) is 19.8. The van der Waals surface area contributed by atoms with Gasteiger partial charge in [-0.1, -0.05) is 76.0 Å². The molecule has 1 saturated heterocycles. The second-order valence-electron chi connectivity index (χ2n) is 8.64. The molecule has 0 aliphatic carbocycles. The maximum Gasteiger partial charge on any atom is 0.303 e. The van der Waals surface area contributed by atoms with Crippen LogP contribution in [0, 0.1) is 23.7 Å². The molecule has 0 aromatic rings. The van der Waals surface area contributed by atoms with Crippen molar-refractivity contribution in [1.82, 2.24) is 4.90 Å². The van der Waals surface area contributed by atoms with Crippen molar-refractivity contribution in [2.45, 2.75) is 122 Å². The highest BCUT2D eigenvalue weighted by atomic mass is 16.4. The van der Waals surface area contributed by atoms with Crippen LogP contribution in [0.25, 0.3) is 0 Å². The minimum atomic E-state index is -0.697. The summed E-state index contributed by atoms with van der Waals surface area (Å²) in [6.45, 7) is 0.607. The molecule has 178 valence electrons. The van der Waals surface area contributed by atoms with Crippen molar-refractivity contribution >= 4 is 17.8 Å². The molecule has 1 heterocycles. The lowest BCUT2D eigenvalue weighted by Crippen LogP contribution is -2.29. The number of carbonyl (C=O) groups is 3. The van der Waals surface area contributed by atoms with E-state index in [9.17, 15) is 14.4 Å². The molecule has 1 fully saturated rings. The smallest absolute Gasteiger partial charge is 0.303 e. The van der Waals surface area contributed by atoms with Crippen molar-refractivity contribution in [1.29, 1.82) is 0 Å². The highest BCUT2D eigenvalue weighted by molar-refractivity contribution is 6.01. The number of aliphatic carboxylic acids is 1. The van der Waals surface area contributed by atoms with E-state index in [0.717, 1.165) is 70.6 Å². The van der Waals surface area contributed by atoms with Crippen molar-refractivity contribution in [3.8, 4) is 23.7 Å². The van der Waals surface area contributed by atoms with E-state index >= 15 is 0 Å². The highest BCUT2D eigenvalue weighted by Gasteiger charge is 2.27. The van der Waals surface area contributed by atoms with Crippen LogP contribution in [0.2, 0.25) is 0 Å². The first-order valence-electron chi connectivity index (χ1n) is 12.6. The van der Waals surface area contributed by atoms with E-state index in [0.29, 0.717) is 25.8 Å². The third-order valence-electron chi connectivity index (χ3n) is 5.77. The van der Waals surface area contributed by atoms with Crippen LogP contribution in [0.3, 0.4) is 0 Å². The monoisotopic (exact) mass is 443 g/mol. The molecular formula is C27H41NO4. The number of carboxylic acid groups (broad SMARTS) is 1. The van der Waals surface area contributed by atoms with Gasteiger partial charge in [-0.15, -0.1) is 0 Å². The van der Waals surface area contributed by atoms with Crippen molar-refractivity contribution in [3.63, 3.8) is 0 Å². The lowest BCUT2D eigenvalue weighted by Gasteiger charge is -2.12. The Morgan fingerprint density at radius 1 is 0.656 bits per heavy atom. The van der Waals surface area contributed by atoms with E-state index < -0.39 is 5.97 Å². The van der Waals surface area contributed by atoms with E-state index in [1.165, 1.54) is 37.0 Å². The summed E-state index contributed by atoms with van der Waals surface area (Å²) in [6, 6.07) is 0.